The highest BCUT2D eigenvalue weighted by Gasteiger charge is 2.13. The summed E-state index contributed by atoms with van der Waals surface area (Å²) in [6.07, 6.45) is 0.895. The lowest BCUT2D eigenvalue weighted by Crippen LogP contribution is -2.23. The smallest absolute Gasteiger partial charge is 0.339 e. The molecule has 0 atom stereocenters. The number of nitrogens with two attached hydrogens (primary N) is 1. The van der Waals surface area contributed by atoms with E-state index in [2.05, 4.69) is 0 Å². The summed E-state index contributed by atoms with van der Waals surface area (Å²) in [7, 11) is 3.33. The quantitative estimate of drug-likeness (QED) is 0.762. The second kappa shape index (κ2) is 6.12. The number of hydrogen-bond acceptors (Lipinski definition) is 4. The van der Waals surface area contributed by atoms with E-state index in [0.717, 1.165) is 18.7 Å². The van der Waals surface area contributed by atoms with E-state index in [4.69, 9.17) is 10.5 Å². The van der Waals surface area contributed by atoms with Gasteiger partial charge in [-0.15, -0.1) is 0 Å². The van der Waals surface area contributed by atoms with Gasteiger partial charge in [0, 0.05) is 13.6 Å². The standard InChI is InChI=1S/C12H18N2O2/c1-14(9-5-8-13)11-7-4-3-6-10(11)12(15)16-2/h3-4,6-7H,5,8-9,13H2,1-2H3. The Kier molecular flexibility index (Phi) is 4.79. The van der Waals surface area contributed by atoms with Crippen molar-refractivity contribution >= 4 is 11.7 Å². The van der Waals surface area contributed by atoms with Crippen LogP contribution in [0, 0.1) is 0 Å². The molecule has 88 valence electrons. The van der Waals surface area contributed by atoms with Crippen LogP contribution in [0.4, 0.5) is 5.69 Å². The molecule has 0 radical (unpaired) electrons. The Morgan fingerprint density at radius 2 is 2.12 bits per heavy atom. The first-order valence-corrected chi connectivity index (χ1v) is 5.29. The molecule has 0 aliphatic heterocycles. The lowest BCUT2D eigenvalue weighted by Gasteiger charge is -2.21. The van der Waals surface area contributed by atoms with Crippen molar-refractivity contribution in [3.8, 4) is 0 Å². The van der Waals surface area contributed by atoms with Crippen molar-refractivity contribution in [1.82, 2.24) is 0 Å². The van der Waals surface area contributed by atoms with Crippen LogP contribution in [-0.2, 0) is 4.74 Å². The fraction of sp³-hybridized carbons (Fsp3) is 0.417. The molecule has 1 rings (SSSR count). The molecule has 0 heterocycles. The molecule has 0 fully saturated rings. The van der Waals surface area contributed by atoms with Gasteiger partial charge in [-0.2, -0.15) is 0 Å². The van der Waals surface area contributed by atoms with Crippen LogP contribution in [-0.4, -0.2) is 33.2 Å². The summed E-state index contributed by atoms with van der Waals surface area (Å²) in [5, 5.41) is 0. The van der Waals surface area contributed by atoms with Gasteiger partial charge in [-0.3, -0.25) is 0 Å². The van der Waals surface area contributed by atoms with Gasteiger partial charge >= 0.3 is 5.97 Å². The monoisotopic (exact) mass is 222 g/mol. The van der Waals surface area contributed by atoms with Crippen LogP contribution in [0.1, 0.15) is 16.8 Å². The number of carbonyl (C=O) groups is 1. The number of esters is 1. The van der Waals surface area contributed by atoms with Crippen LogP contribution in [0.25, 0.3) is 0 Å². The van der Waals surface area contributed by atoms with E-state index in [1.54, 1.807) is 6.07 Å². The average Bonchev–Trinajstić information content (AvgIpc) is 2.35. The van der Waals surface area contributed by atoms with Gasteiger partial charge in [0.1, 0.15) is 0 Å². The summed E-state index contributed by atoms with van der Waals surface area (Å²) in [6.45, 7) is 1.47. The van der Waals surface area contributed by atoms with Crippen molar-refractivity contribution in [3.63, 3.8) is 0 Å². The van der Waals surface area contributed by atoms with E-state index >= 15 is 0 Å². The lowest BCUT2D eigenvalue weighted by atomic mass is 10.1. The van der Waals surface area contributed by atoms with Crippen molar-refractivity contribution in [3.05, 3.63) is 29.8 Å². The predicted molar refractivity (Wildman–Crippen MR) is 64.7 cm³/mol. The third kappa shape index (κ3) is 2.97. The topological polar surface area (TPSA) is 55.6 Å². The number of rotatable bonds is 5. The first kappa shape index (κ1) is 12.5. The Balaban J connectivity index is 2.89. The van der Waals surface area contributed by atoms with Gasteiger partial charge in [0.2, 0.25) is 0 Å². The van der Waals surface area contributed by atoms with Crippen LogP contribution in [0.3, 0.4) is 0 Å². The minimum absolute atomic E-state index is 0.310. The molecule has 0 saturated heterocycles. The molecule has 0 spiro atoms. The van der Waals surface area contributed by atoms with Crippen LogP contribution >= 0.6 is 0 Å². The maximum Gasteiger partial charge on any atom is 0.339 e. The summed E-state index contributed by atoms with van der Waals surface area (Å²) in [4.78, 5) is 13.6. The molecule has 0 unspecified atom stereocenters. The molecule has 4 heteroatoms. The third-order valence-electron chi connectivity index (χ3n) is 2.42. The Bertz CT molecular complexity index is 353. The van der Waals surface area contributed by atoms with E-state index in [1.807, 2.05) is 30.1 Å². The first-order chi connectivity index (χ1) is 7.70. The van der Waals surface area contributed by atoms with Crippen molar-refractivity contribution in [1.29, 1.82) is 0 Å². The molecule has 1 aromatic rings. The summed E-state index contributed by atoms with van der Waals surface area (Å²) in [6, 6.07) is 7.40. The van der Waals surface area contributed by atoms with E-state index < -0.39 is 0 Å². The minimum Gasteiger partial charge on any atom is -0.465 e. The van der Waals surface area contributed by atoms with Crippen molar-refractivity contribution < 1.29 is 9.53 Å². The van der Waals surface area contributed by atoms with Crippen LogP contribution < -0.4 is 10.6 Å². The number of methoxy groups -OCH3 is 1. The van der Waals surface area contributed by atoms with Gasteiger partial charge in [-0.25, -0.2) is 4.79 Å². The van der Waals surface area contributed by atoms with E-state index in [1.165, 1.54) is 7.11 Å². The van der Waals surface area contributed by atoms with E-state index in [9.17, 15) is 4.79 Å². The highest BCUT2D eigenvalue weighted by atomic mass is 16.5. The SMILES string of the molecule is COC(=O)c1ccccc1N(C)CCCN. The fourth-order valence-electron chi connectivity index (χ4n) is 1.54. The Labute approximate surface area is 96.0 Å². The molecule has 4 nitrogen and oxygen atoms in total. The number of hydrogen-bond donors (Lipinski definition) is 1. The number of para-hydroxylation sites is 1. The molecule has 0 bridgehead atoms. The third-order valence-corrected chi connectivity index (χ3v) is 2.42. The zero-order valence-corrected chi connectivity index (χ0v) is 9.77. The van der Waals surface area contributed by atoms with Gasteiger partial charge < -0.3 is 15.4 Å². The average molecular weight is 222 g/mol. The van der Waals surface area contributed by atoms with E-state index in [0.29, 0.717) is 12.1 Å². The zero-order chi connectivity index (χ0) is 12.0. The maximum atomic E-state index is 11.5. The largest absolute Gasteiger partial charge is 0.465 e. The van der Waals surface area contributed by atoms with Crippen LogP contribution in [0.5, 0.6) is 0 Å². The van der Waals surface area contributed by atoms with E-state index in [-0.39, 0.29) is 5.97 Å². The molecule has 2 N–H and O–H groups in total. The molecule has 0 aliphatic carbocycles. The predicted octanol–water partition coefficient (Wildman–Crippen LogP) is 1.26. The van der Waals surface area contributed by atoms with Gasteiger partial charge in [-0.05, 0) is 25.1 Å². The van der Waals surface area contributed by atoms with Crippen molar-refractivity contribution in [2.75, 3.05) is 32.1 Å². The molecule has 1 aromatic carbocycles. The van der Waals surface area contributed by atoms with Gasteiger partial charge in [0.15, 0.2) is 0 Å². The van der Waals surface area contributed by atoms with Crippen molar-refractivity contribution in [2.24, 2.45) is 5.73 Å². The summed E-state index contributed by atoms with van der Waals surface area (Å²) < 4.78 is 4.74. The summed E-state index contributed by atoms with van der Waals surface area (Å²) in [5.74, 6) is -0.310. The highest BCUT2D eigenvalue weighted by Crippen LogP contribution is 2.19. The Morgan fingerprint density at radius 3 is 2.75 bits per heavy atom. The summed E-state index contributed by atoms with van der Waals surface area (Å²) in [5.41, 5.74) is 6.93. The Morgan fingerprint density at radius 1 is 1.44 bits per heavy atom. The van der Waals surface area contributed by atoms with Crippen LogP contribution in [0.2, 0.25) is 0 Å². The number of anilines is 1. The van der Waals surface area contributed by atoms with Crippen LogP contribution in [0.15, 0.2) is 24.3 Å². The zero-order valence-electron chi connectivity index (χ0n) is 9.77. The number of carbonyl (C=O) groups excluding carboxylic acids is 1. The second-order valence-corrected chi connectivity index (χ2v) is 3.57. The molecular weight excluding hydrogens is 204 g/mol. The van der Waals surface area contributed by atoms with Gasteiger partial charge in [0.05, 0.1) is 18.4 Å². The maximum absolute atomic E-state index is 11.5. The van der Waals surface area contributed by atoms with Gasteiger partial charge in [0.25, 0.3) is 0 Å². The minimum atomic E-state index is -0.310. The highest BCUT2D eigenvalue weighted by molar-refractivity contribution is 5.95. The Hall–Kier alpha value is -1.55. The van der Waals surface area contributed by atoms with Crippen molar-refractivity contribution in [2.45, 2.75) is 6.42 Å². The van der Waals surface area contributed by atoms with Gasteiger partial charge in [-0.1, -0.05) is 12.1 Å². The number of nitrogens with zero attached hydrogens (tertiary/aromatic N) is 1. The molecule has 16 heavy (non-hydrogen) atoms. The summed E-state index contributed by atoms with van der Waals surface area (Å²) >= 11 is 0. The second-order valence-electron chi connectivity index (χ2n) is 3.57. The molecule has 0 aliphatic rings. The molecule has 0 saturated carbocycles. The fourth-order valence-corrected chi connectivity index (χ4v) is 1.54. The molecule has 0 amide bonds. The normalized spacial score (nSPS) is 9.94. The number of ether oxygens (including phenoxy) is 1. The first-order valence-electron chi connectivity index (χ1n) is 5.29. The molecule has 0 aromatic heterocycles. The number of benzene rings is 1. The lowest BCUT2D eigenvalue weighted by molar-refractivity contribution is 0.0601. The molecular formula is C12H18N2O2.